The lowest BCUT2D eigenvalue weighted by atomic mass is 9.85. The zero-order valence-corrected chi connectivity index (χ0v) is 16.3. The SMILES string of the molecule is CCC/C(=N\OCC)C1=C(O)CC(C(SCC)SCC)CC1=O. The zero-order chi connectivity index (χ0) is 17.2. The van der Waals surface area contributed by atoms with Gasteiger partial charge in [-0.3, -0.25) is 4.79 Å². The van der Waals surface area contributed by atoms with Crippen LogP contribution in [0.3, 0.4) is 0 Å². The number of aliphatic hydroxyl groups is 1. The highest BCUT2D eigenvalue weighted by Gasteiger charge is 2.34. The third-order valence-electron chi connectivity index (χ3n) is 3.60. The molecule has 1 N–H and O–H groups in total. The van der Waals surface area contributed by atoms with Crippen LogP contribution in [0.2, 0.25) is 0 Å². The van der Waals surface area contributed by atoms with Gasteiger partial charge in [0, 0.05) is 12.8 Å². The third kappa shape index (κ3) is 6.07. The number of hydrogen-bond acceptors (Lipinski definition) is 6. The molecule has 0 aliphatic heterocycles. The van der Waals surface area contributed by atoms with Crippen LogP contribution in [0.25, 0.3) is 0 Å². The van der Waals surface area contributed by atoms with Crippen LogP contribution >= 0.6 is 23.5 Å². The number of allylic oxidation sites excluding steroid dienone is 2. The summed E-state index contributed by atoms with van der Waals surface area (Å²) in [6, 6.07) is 0. The van der Waals surface area contributed by atoms with Crippen molar-refractivity contribution < 1.29 is 14.7 Å². The van der Waals surface area contributed by atoms with E-state index in [-0.39, 0.29) is 17.5 Å². The van der Waals surface area contributed by atoms with E-state index in [1.807, 2.05) is 37.4 Å². The summed E-state index contributed by atoms with van der Waals surface area (Å²) in [7, 11) is 0. The highest BCUT2D eigenvalue weighted by molar-refractivity contribution is 8.17. The zero-order valence-electron chi connectivity index (χ0n) is 14.6. The molecule has 1 unspecified atom stereocenters. The maximum Gasteiger partial charge on any atom is 0.168 e. The van der Waals surface area contributed by atoms with Crippen LogP contribution in [0, 0.1) is 5.92 Å². The molecule has 0 aromatic rings. The molecule has 23 heavy (non-hydrogen) atoms. The summed E-state index contributed by atoms with van der Waals surface area (Å²) in [6.45, 7) is 8.61. The molecule has 4 nitrogen and oxygen atoms in total. The molecule has 0 saturated heterocycles. The van der Waals surface area contributed by atoms with Crippen LogP contribution in [-0.4, -0.2) is 39.3 Å². The monoisotopic (exact) mass is 359 g/mol. The fourth-order valence-electron chi connectivity index (χ4n) is 2.69. The van der Waals surface area contributed by atoms with Crippen LogP contribution in [0.1, 0.15) is 53.4 Å². The minimum Gasteiger partial charge on any atom is -0.511 e. The predicted molar refractivity (Wildman–Crippen MR) is 101 cm³/mol. The summed E-state index contributed by atoms with van der Waals surface area (Å²) in [5.74, 6) is 2.43. The molecule has 6 heteroatoms. The quantitative estimate of drug-likeness (QED) is 0.345. The molecule has 1 rings (SSSR count). The maximum atomic E-state index is 12.6. The Balaban J connectivity index is 2.98. The predicted octanol–water partition coefficient (Wildman–Crippen LogP) is 4.80. The van der Waals surface area contributed by atoms with Crippen molar-refractivity contribution in [3.05, 3.63) is 11.3 Å². The molecule has 0 aromatic carbocycles. The molecule has 0 bridgehead atoms. The Labute approximate surface area is 148 Å². The molecule has 0 spiro atoms. The lowest BCUT2D eigenvalue weighted by Crippen LogP contribution is -2.29. The number of thioether (sulfide) groups is 2. The van der Waals surface area contributed by atoms with Crippen molar-refractivity contribution >= 4 is 35.0 Å². The fraction of sp³-hybridized carbons (Fsp3) is 0.765. The van der Waals surface area contributed by atoms with E-state index >= 15 is 0 Å². The standard InChI is InChI=1S/C17H29NO3S2/c1-5-9-13(18-21-6-2)16-14(19)10-12(11-15(16)20)17(22-7-3)23-8-4/h12,17,19H,5-11H2,1-4H3/b18-13+. The second-order valence-corrected chi connectivity index (χ2v) is 8.53. The number of hydrogen-bond donors (Lipinski definition) is 1. The lowest BCUT2D eigenvalue weighted by Gasteiger charge is -2.29. The normalized spacial score (nSPS) is 19.6. The van der Waals surface area contributed by atoms with E-state index in [9.17, 15) is 9.90 Å². The summed E-state index contributed by atoms with van der Waals surface area (Å²) in [4.78, 5) is 17.8. The number of ketones is 1. The highest BCUT2D eigenvalue weighted by Crippen LogP contribution is 2.39. The summed E-state index contributed by atoms with van der Waals surface area (Å²) in [5, 5.41) is 14.6. The number of carbonyl (C=O) groups is 1. The first-order chi connectivity index (χ1) is 11.1. The largest absolute Gasteiger partial charge is 0.511 e. The van der Waals surface area contributed by atoms with Crippen molar-refractivity contribution in [3.8, 4) is 0 Å². The van der Waals surface area contributed by atoms with Gasteiger partial charge in [0.15, 0.2) is 5.78 Å². The molecule has 0 amide bonds. The molecular formula is C17H29NO3S2. The maximum absolute atomic E-state index is 12.6. The second-order valence-electron chi connectivity index (χ2n) is 5.40. The fourth-order valence-corrected chi connectivity index (χ4v) is 5.48. The van der Waals surface area contributed by atoms with E-state index in [1.54, 1.807) is 0 Å². The minimum absolute atomic E-state index is 0.00376. The second kappa shape index (κ2) is 11.0. The van der Waals surface area contributed by atoms with Gasteiger partial charge in [0.05, 0.1) is 15.9 Å². The van der Waals surface area contributed by atoms with Gasteiger partial charge in [-0.15, -0.1) is 23.5 Å². The first-order valence-corrected chi connectivity index (χ1v) is 10.6. The topological polar surface area (TPSA) is 58.9 Å². The molecule has 1 aliphatic rings. The van der Waals surface area contributed by atoms with Crippen LogP contribution in [0.4, 0.5) is 0 Å². The van der Waals surface area contributed by atoms with Gasteiger partial charge in [-0.2, -0.15) is 0 Å². The first kappa shape index (κ1) is 20.4. The van der Waals surface area contributed by atoms with Gasteiger partial charge >= 0.3 is 0 Å². The number of carbonyl (C=O) groups excluding carboxylic acids is 1. The number of rotatable bonds is 10. The highest BCUT2D eigenvalue weighted by atomic mass is 32.2. The van der Waals surface area contributed by atoms with Gasteiger partial charge in [0.1, 0.15) is 12.4 Å². The van der Waals surface area contributed by atoms with Gasteiger partial charge in [-0.1, -0.05) is 32.3 Å². The minimum atomic E-state index is 0.00376. The van der Waals surface area contributed by atoms with Gasteiger partial charge < -0.3 is 9.94 Å². The third-order valence-corrected chi connectivity index (χ3v) is 6.51. The van der Waals surface area contributed by atoms with Gasteiger partial charge in [0.2, 0.25) is 0 Å². The molecule has 1 aliphatic carbocycles. The van der Waals surface area contributed by atoms with Gasteiger partial charge in [0.25, 0.3) is 0 Å². The van der Waals surface area contributed by atoms with E-state index < -0.39 is 0 Å². The van der Waals surface area contributed by atoms with E-state index in [0.29, 0.717) is 41.7 Å². The summed E-state index contributed by atoms with van der Waals surface area (Å²) >= 11 is 3.73. The average molecular weight is 360 g/mol. The molecule has 0 aromatic heterocycles. The lowest BCUT2D eigenvalue weighted by molar-refractivity contribution is -0.116. The Kier molecular flexibility index (Phi) is 9.79. The van der Waals surface area contributed by atoms with Crippen molar-refractivity contribution in [1.82, 2.24) is 0 Å². The Hall–Kier alpha value is -0.620. The molecule has 132 valence electrons. The number of Topliss-reactive ketones (excluding diaryl/α,β-unsaturated/α-hetero) is 1. The van der Waals surface area contributed by atoms with E-state index in [0.717, 1.165) is 17.9 Å². The number of aliphatic hydroxyl groups excluding tert-OH is 1. The van der Waals surface area contributed by atoms with Crippen LogP contribution < -0.4 is 0 Å². The summed E-state index contributed by atoms with van der Waals surface area (Å²) < 4.78 is 0.358. The van der Waals surface area contributed by atoms with Crippen LogP contribution in [-0.2, 0) is 9.63 Å². The van der Waals surface area contributed by atoms with E-state index in [4.69, 9.17) is 4.84 Å². The van der Waals surface area contributed by atoms with Crippen molar-refractivity contribution in [2.24, 2.45) is 11.1 Å². The molecule has 0 heterocycles. The first-order valence-electron chi connectivity index (χ1n) is 8.46. The summed E-state index contributed by atoms with van der Waals surface area (Å²) in [5.41, 5.74) is 0.997. The van der Waals surface area contributed by atoms with Gasteiger partial charge in [-0.05, 0) is 30.8 Å². The average Bonchev–Trinajstić information content (AvgIpc) is 2.51. The van der Waals surface area contributed by atoms with Crippen LogP contribution in [0.5, 0.6) is 0 Å². The Bertz CT molecular complexity index is 443. The molecule has 0 radical (unpaired) electrons. The van der Waals surface area contributed by atoms with E-state index in [2.05, 4.69) is 19.0 Å². The smallest absolute Gasteiger partial charge is 0.168 e. The van der Waals surface area contributed by atoms with Crippen molar-refractivity contribution in [3.63, 3.8) is 0 Å². The van der Waals surface area contributed by atoms with Gasteiger partial charge in [-0.25, -0.2) is 0 Å². The van der Waals surface area contributed by atoms with E-state index in [1.165, 1.54) is 0 Å². The number of nitrogens with zero attached hydrogens (tertiary/aromatic N) is 1. The Morgan fingerprint density at radius 2 is 1.91 bits per heavy atom. The van der Waals surface area contributed by atoms with Crippen LogP contribution in [0.15, 0.2) is 16.5 Å². The Morgan fingerprint density at radius 3 is 2.39 bits per heavy atom. The molecule has 0 fully saturated rings. The molecule has 1 atom stereocenters. The van der Waals surface area contributed by atoms with Crippen molar-refractivity contribution in [2.75, 3.05) is 18.1 Å². The van der Waals surface area contributed by atoms with Crippen molar-refractivity contribution in [1.29, 1.82) is 0 Å². The Morgan fingerprint density at radius 1 is 1.26 bits per heavy atom. The molecule has 0 saturated carbocycles. The molecular weight excluding hydrogens is 330 g/mol. The number of oxime groups is 1. The summed E-state index contributed by atoms with van der Waals surface area (Å²) in [6.07, 6.45) is 2.55. The van der Waals surface area contributed by atoms with Crippen molar-refractivity contribution in [2.45, 2.75) is 58.0 Å².